The standard InChI is InChI=1S/C19H27NO4/c1-12-6-5-7-17(13(12)2)20-18(21)14(3)24-16-10-8-15(9-11-16)19(22)23-4/h8-14,17H,5-7H2,1-4H3,(H,20,21)/t12-,13-,14-,17+/m1/s1. The van der Waals surface area contributed by atoms with Crippen LogP contribution in [0.25, 0.3) is 0 Å². The van der Waals surface area contributed by atoms with Crippen molar-refractivity contribution in [1.82, 2.24) is 5.32 Å². The number of benzene rings is 1. The number of nitrogens with one attached hydrogen (secondary N) is 1. The van der Waals surface area contributed by atoms with Crippen LogP contribution >= 0.6 is 0 Å². The van der Waals surface area contributed by atoms with Gasteiger partial charge < -0.3 is 14.8 Å². The molecule has 0 unspecified atom stereocenters. The molecule has 0 aliphatic heterocycles. The monoisotopic (exact) mass is 333 g/mol. The molecule has 1 N–H and O–H groups in total. The fraction of sp³-hybridized carbons (Fsp3) is 0.579. The predicted molar refractivity (Wildman–Crippen MR) is 92.0 cm³/mol. The highest BCUT2D eigenvalue weighted by molar-refractivity contribution is 5.89. The van der Waals surface area contributed by atoms with Crippen molar-refractivity contribution in [2.75, 3.05) is 7.11 Å². The molecule has 0 aromatic heterocycles. The Morgan fingerprint density at radius 3 is 2.46 bits per heavy atom. The maximum absolute atomic E-state index is 12.4. The minimum atomic E-state index is -0.585. The van der Waals surface area contributed by atoms with Crippen LogP contribution in [0.3, 0.4) is 0 Å². The van der Waals surface area contributed by atoms with Gasteiger partial charge in [-0.1, -0.05) is 26.7 Å². The summed E-state index contributed by atoms with van der Waals surface area (Å²) in [5, 5.41) is 3.12. The summed E-state index contributed by atoms with van der Waals surface area (Å²) in [5.41, 5.74) is 0.451. The van der Waals surface area contributed by atoms with Gasteiger partial charge >= 0.3 is 5.97 Å². The van der Waals surface area contributed by atoms with Crippen LogP contribution in [-0.4, -0.2) is 31.1 Å². The van der Waals surface area contributed by atoms with Gasteiger partial charge in [-0.3, -0.25) is 4.79 Å². The van der Waals surface area contributed by atoms with Gasteiger partial charge in [0.2, 0.25) is 0 Å². The van der Waals surface area contributed by atoms with Gasteiger partial charge in [0.1, 0.15) is 5.75 Å². The molecule has 0 bridgehead atoms. The van der Waals surface area contributed by atoms with Crippen molar-refractivity contribution >= 4 is 11.9 Å². The van der Waals surface area contributed by atoms with Gasteiger partial charge in [-0.25, -0.2) is 4.79 Å². The van der Waals surface area contributed by atoms with E-state index in [1.54, 1.807) is 31.2 Å². The number of ether oxygens (including phenoxy) is 2. The second-order valence-electron chi connectivity index (χ2n) is 6.66. The maximum Gasteiger partial charge on any atom is 0.337 e. The van der Waals surface area contributed by atoms with Crippen molar-refractivity contribution in [1.29, 1.82) is 0 Å². The number of carbonyl (C=O) groups excluding carboxylic acids is 2. The third kappa shape index (κ3) is 4.49. The highest BCUT2D eigenvalue weighted by Gasteiger charge is 2.29. The van der Waals surface area contributed by atoms with Gasteiger partial charge in [-0.15, -0.1) is 0 Å². The number of amides is 1. The lowest BCUT2D eigenvalue weighted by Gasteiger charge is -2.35. The zero-order valence-electron chi connectivity index (χ0n) is 14.9. The molecule has 2 rings (SSSR count). The van der Waals surface area contributed by atoms with E-state index in [1.165, 1.54) is 13.5 Å². The van der Waals surface area contributed by atoms with Crippen LogP contribution in [0.1, 0.15) is 50.4 Å². The predicted octanol–water partition coefficient (Wildman–Crippen LogP) is 3.18. The smallest absolute Gasteiger partial charge is 0.337 e. The quantitative estimate of drug-likeness (QED) is 0.841. The summed E-state index contributed by atoms with van der Waals surface area (Å²) in [4.78, 5) is 23.8. The molecule has 132 valence electrons. The van der Waals surface area contributed by atoms with Gasteiger partial charge in [-0.2, -0.15) is 0 Å². The molecule has 1 aliphatic carbocycles. The van der Waals surface area contributed by atoms with Crippen LogP contribution in [0.2, 0.25) is 0 Å². The molecule has 1 amide bonds. The Bertz CT molecular complexity index is 569. The Morgan fingerprint density at radius 2 is 1.83 bits per heavy atom. The molecule has 0 spiro atoms. The molecule has 1 aromatic rings. The summed E-state index contributed by atoms with van der Waals surface area (Å²) in [5.74, 6) is 1.17. The van der Waals surface area contributed by atoms with Crippen LogP contribution < -0.4 is 10.1 Å². The first-order chi connectivity index (χ1) is 11.4. The van der Waals surface area contributed by atoms with Gasteiger partial charge in [0.25, 0.3) is 5.91 Å². The van der Waals surface area contributed by atoms with Gasteiger partial charge in [0, 0.05) is 6.04 Å². The summed E-state index contributed by atoms with van der Waals surface area (Å²) in [6.07, 6.45) is 2.82. The van der Waals surface area contributed by atoms with E-state index >= 15 is 0 Å². The van der Waals surface area contributed by atoms with E-state index in [0.29, 0.717) is 23.1 Å². The van der Waals surface area contributed by atoms with Crippen LogP contribution in [-0.2, 0) is 9.53 Å². The van der Waals surface area contributed by atoms with Crippen molar-refractivity contribution in [3.63, 3.8) is 0 Å². The summed E-state index contributed by atoms with van der Waals surface area (Å²) < 4.78 is 10.3. The van der Waals surface area contributed by atoms with Crippen molar-refractivity contribution in [2.24, 2.45) is 11.8 Å². The molecule has 0 saturated heterocycles. The van der Waals surface area contributed by atoms with E-state index in [0.717, 1.165) is 12.8 Å². The molecule has 1 fully saturated rings. The lowest BCUT2D eigenvalue weighted by molar-refractivity contribution is -0.128. The Morgan fingerprint density at radius 1 is 1.17 bits per heavy atom. The first-order valence-corrected chi connectivity index (χ1v) is 8.57. The summed E-state index contributed by atoms with van der Waals surface area (Å²) in [6.45, 7) is 6.18. The third-order valence-corrected chi connectivity index (χ3v) is 4.99. The fourth-order valence-electron chi connectivity index (χ4n) is 3.13. The molecule has 5 heteroatoms. The Hall–Kier alpha value is -2.04. The van der Waals surface area contributed by atoms with E-state index in [9.17, 15) is 9.59 Å². The summed E-state index contributed by atoms with van der Waals surface area (Å²) >= 11 is 0. The SMILES string of the molecule is COC(=O)c1ccc(O[C@H](C)C(=O)N[C@H]2CCC[C@@H](C)[C@H]2C)cc1. The van der Waals surface area contributed by atoms with Crippen LogP contribution in [0.4, 0.5) is 0 Å². The molecule has 4 atom stereocenters. The zero-order valence-corrected chi connectivity index (χ0v) is 14.9. The molecule has 0 heterocycles. The van der Waals surface area contributed by atoms with E-state index in [4.69, 9.17) is 4.74 Å². The topological polar surface area (TPSA) is 64.6 Å². The Balaban J connectivity index is 1.90. The van der Waals surface area contributed by atoms with E-state index < -0.39 is 12.1 Å². The van der Waals surface area contributed by atoms with Gasteiger partial charge in [0.05, 0.1) is 12.7 Å². The van der Waals surface area contributed by atoms with Crippen LogP contribution in [0, 0.1) is 11.8 Å². The number of carbonyl (C=O) groups is 2. The van der Waals surface area contributed by atoms with Crippen molar-refractivity contribution in [3.05, 3.63) is 29.8 Å². The normalized spacial score (nSPS) is 24.8. The summed E-state index contributed by atoms with van der Waals surface area (Å²) in [6, 6.07) is 6.80. The lowest BCUT2D eigenvalue weighted by atomic mass is 9.78. The third-order valence-electron chi connectivity index (χ3n) is 4.99. The van der Waals surface area contributed by atoms with Crippen molar-refractivity contribution < 1.29 is 19.1 Å². The first-order valence-electron chi connectivity index (χ1n) is 8.57. The van der Waals surface area contributed by atoms with E-state index in [-0.39, 0.29) is 11.9 Å². The average molecular weight is 333 g/mol. The molecule has 1 saturated carbocycles. The highest BCUT2D eigenvalue weighted by Crippen LogP contribution is 2.29. The summed E-state index contributed by atoms with van der Waals surface area (Å²) in [7, 11) is 1.34. The fourth-order valence-corrected chi connectivity index (χ4v) is 3.13. The largest absolute Gasteiger partial charge is 0.481 e. The molecule has 5 nitrogen and oxygen atoms in total. The maximum atomic E-state index is 12.4. The Kier molecular flexibility index (Phi) is 6.23. The van der Waals surface area contributed by atoms with Gasteiger partial charge in [0.15, 0.2) is 6.10 Å². The second kappa shape index (κ2) is 8.18. The van der Waals surface area contributed by atoms with E-state index in [2.05, 4.69) is 23.9 Å². The van der Waals surface area contributed by atoms with Crippen molar-refractivity contribution in [2.45, 2.75) is 52.2 Å². The van der Waals surface area contributed by atoms with Gasteiger partial charge in [-0.05, 0) is 49.4 Å². The van der Waals surface area contributed by atoms with Crippen molar-refractivity contribution in [3.8, 4) is 5.75 Å². The van der Waals surface area contributed by atoms with Crippen LogP contribution in [0.5, 0.6) is 5.75 Å². The molecular weight excluding hydrogens is 306 g/mol. The molecule has 24 heavy (non-hydrogen) atoms. The number of hydrogen-bond acceptors (Lipinski definition) is 4. The lowest BCUT2D eigenvalue weighted by Crippen LogP contribution is -2.48. The van der Waals surface area contributed by atoms with E-state index in [1.807, 2.05) is 0 Å². The minimum Gasteiger partial charge on any atom is -0.481 e. The number of esters is 1. The zero-order chi connectivity index (χ0) is 17.7. The highest BCUT2D eigenvalue weighted by atomic mass is 16.5. The number of hydrogen-bond donors (Lipinski definition) is 1. The minimum absolute atomic E-state index is 0.0991. The molecular formula is C19H27NO4. The second-order valence-corrected chi connectivity index (χ2v) is 6.66. The number of rotatable bonds is 5. The average Bonchev–Trinajstić information content (AvgIpc) is 2.58. The number of methoxy groups -OCH3 is 1. The molecule has 1 aliphatic rings. The first kappa shape index (κ1) is 18.3. The molecule has 1 aromatic carbocycles. The molecule has 0 radical (unpaired) electrons. The Labute approximate surface area is 143 Å². The van der Waals surface area contributed by atoms with Crippen LogP contribution in [0.15, 0.2) is 24.3 Å².